The number of benzene rings is 1. The first-order chi connectivity index (χ1) is 8.62. The van der Waals surface area contributed by atoms with Crippen molar-refractivity contribution in [1.29, 1.82) is 0 Å². The smallest absolute Gasteiger partial charge is 0.127 e. The molecule has 0 amide bonds. The van der Waals surface area contributed by atoms with Gasteiger partial charge in [-0.15, -0.1) is 6.58 Å². The van der Waals surface area contributed by atoms with Gasteiger partial charge in [-0.3, -0.25) is 0 Å². The van der Waals surface area contributed by atoms with E-state index < -0.39 is 0 Å². The molecule has 2 unspecified atom stereocenters. The number of rotatable bonds is 7. The fourth-order valence-corrected chi connectivity index (χ4v) is 2.01. The summed E-state index contributed by atoms with van der Waals surface area (Å²) in [6.45, 7) is 8.03. The quantitative estimate of drug-likeness (QED) is 0.752. The average molecular weight is 249 g/mol. The Morgan fingerprint density at radius 3 is 2.56 bits per heavy atom. The molecule has 0 spiro atoms. The molecule has 0 aromatic heterocycles. The molecule has 0 fully saturated rings. The van der Waals surface area contributed by atoms with Gasteiger partial charge in [-0.25, -0.2) is 0 Å². The lowest BCUT2D eigenvalue weighted by Crippen LogP contribution is -2.28. The number of nitrogens with one attached hydrogen (secondary N) is 1. The lowest BCUT2D eigenvalue weighted by atomic mass is 10.1. The maximum absolute atomic E-state index is 5.41. The minimum atomic E-state index is 0.223. The van der Waals surface area contributed by atoms with Crippen molar-refractivity contribution in [3.05, 3.63) is 36.4 Å². The molecule has 0 aliphatic heterocycles. The van der Waals surface area contributed by atoms with E-state index in [0.717, 1.165) is 23.5 Å². The van der Waals surface area contributed by atoms with Crippen LogP contribution in [-0.4, -0.2) is 20.3 Å². The first-order valence-electron chi connectivity index (χ1n) is 6.21. The van der Waals surface area contributed by atoms with Gasteiger partial charge in [0.05, 0.1) is 14.2 Å². The second kappa shape index (κ2) is 7.07. The van der Waals surface area contributed by atoms with Crippen molar-refractivity contribution in [3.63, 3.8) is 0 Å². The minimum absolute atomic E-state index is 0.223. The van der Waals surface area contributed by atoms with Crippen LogP contribution in [0.15, 0.2) is 30.9 Å². The third-order valence-electron chi connectivity index (χ3n) is 2.96. The van der Waals surface area contributed by atoms with Gasteiger partial charge in [-0.2, -0.15) is 0 Å². The summed E-state index contributed by atoms with van der Waals surface area (Å²) in [6.07, 6.45) is 2.87. The summed E-state index contributed by atoms with van der Waals surface area (Å²) < 4.78 is 10.6. The van der Waals surface area contributed by atoms with E-state index >= 15 is 0 Å². The van der Waals surface area contributed by atoms with Gasteiger partial charge in [-0.1, -0.05) is 12.1 Å². The fourth-order valence-electron chi connectivity index (χ4n) is 2.01. The molecule has 2 atom stereocenters. The molecule has 3 heteroatoms. The fraction of sp³-hybridized carbons (Fsp3) is 0.467. The largest absolute Gasteiger partial charge is 0.497 e. The maximum Gasteiger partial charge on any atom is 0.127 e. The summed E-state index contributed by atoms with van der Waals surface area (Å²) in [4.78, 5) is 0. The van der Waals surface area contributed by atoms with Gasteiger partial charge in [0.1, 0.15) is 11.5 Å². The Hall–Kier alpha value is -1.48. The molecular weight excluding hydrogens is 226 g/mol. The summed E-state index contributed by atoms with van der Waals surface area (Å²) in [7, 11) is 3.33. The van der Waals surface area contributed by atoms with Crippen LogP contribution >= 0.6 is 0 Å². The number of methoxy groups -OCH3 is 2. The van der Waals surface area contributed by atoms with E-state index in [1.54, 1.807) is 14.2 Å². The molecule has 0 radical (unpaired) electrons. The van der Waals surface area contributed by atoms with Gasteiger partial charge in [0.25, 0.3) is 0 Å². The van der Waals surface area contributed by atoms with Crippen molar-refractivity contribution in [2.45, 2.75) is 32.4 Å². The van der Waals surface area contributed by atoms with Crippen LogP contribution in [0.1, 0.15) is 31.9 Å². The standard InChI is InChI=1S/C15H23NO2/c1-6-7-11(2)16-12(3)14-9-8-13(17-4)10-15(14)18-5/h6,8-12,16H,1,7H2,2-5H3. The highest BCUT2D eigenvalue weighted by Gasteiger charge is 2.13. The van der Waals surface area contributed by atoms with E-state index in [0.29, 0.717) is 6.04 Å². The lowest BCUT2D eigenvalue weighted by molar-refractivity contribution is 0.382. The maximum atomic E-state index is 5.41. The summed E-state index contributed by atoms with van der Waals surface area (Å²) in [6, 6.07) is 6.51. The molecule has 0 bridgehead atoms. The van der Waals surface area contributed by atoms with Gasteiger partial charge < -0.3 is 14.8 Å². The van der Waals surface area contributed by atoms with Crippen molar-refractivity contribution >= 4 is 0 Å². The molecule has 0 saturated heterocycles. The monoisotopic (exact) mass is 249 g/mol. The first-order valence-corrected chi connectivity index (χ1v) is 6.21. The summed E-state index contributed by atoms with van der Waals surface area (Å²) >= 11 is 0. The van der Waals surface area contributed by atoms with Crippen molar-refractivity contribution in [2.75, 3.05) is 14.2 Å². The molecule has 0 aliphatic carbocycles. The molecule has 1 aromatic carbocycles. The van der Waals surface area contributed by atoms with Crippen molar-refractivity contribution < 1.29 is 9.47 Å². The predicted molar refractivity (Wildman–Crippen MR) is 75.4 cm³/mol. The topological polar surface area (TPSA) is 30.5 Å². The van der Waals surface area contributed by atoms with Crippen LogP contribution in [0, 0.1) is 0 Å². The second-order valence-electron chi connectivity index (χ2n) is 4.42. The molecular formula is C15H23NO2. The molecule has 1 aromatic rings. The summed E-state index contributed by atoms with van der Waals surface area (Å²) in [5.74, 6) is 1.65. The molecule has 1 N–H and O–H groups in total. The van der Waals surface area contributed by atoms with Crippen molar-refractivity contribution in [3.8, 4) is 11.5 Å². The molecule has 3 nitrogen and oxygen atoms in total. The molecule has 0 aliphatic rings. The first kappa shape index (κ1) is 14.6. The average Bonchev–Trinajstić information content (AvgIpc) is 2.38. The number of hydrogen-bond donors (Lipinski definition) is 1. The minimum Gasteiger partial charge on any atom is -0.497 e. The molecule has 0 saturated carbocycles. The van der Waals surface area contributed by atoms with Crippen LogP contribution in [0.5, 0.6) is 11.5 Å². The molecule has 1 rings (SSSR count). The van der Waals surface area contributed by atoms with Gasteiger partial charge in [0.2, 0.25) is 0 Å². The van der Waals surface area contributed by atoms with Gasteiger partial charge in [0.15, 0.2) is 0 Å². The Morgan fingerprint density at radius 2 is 2.00 bits per heavy atom. The van der Waals surface area contributed by atoms with E-state index in [1.807, 2.05) is 24.3 Å². The summed E-state index contributed by atoms with van der Waals surface area (Å²) in [5, 5.41) is 3.52. The Labute approximate surface area is 110 Å². The van der Waals surface area contributed by atoms with Crippen LogP contribution in [0.3, 0.4) is 0 Å². The van der Waals surface area contributed by atoms with Crippen LogP contribution in [0.2, 0.25) is 0 Å². The Kier molecular flexibility index (Phi) is 5.72. The zero-order valence-corrected chi connectivity index (χ0v) is 11.7. The van der Waals surface area contributed by atoms with E-state index in [2.05, 4.69) is 25.7 Å². The van der Waals surface area contributed by atoms with Crippen LogP contribution in [0.25, 0.3) is 0 Å². The molecule has 0 heterocycles. The van der Waals surface area contributed by atoms with E-state index in [9.17, 15) is 0 Å². The Bertz CT molecular complexity index is 390. The van der Waals surface area contributed by atoms with Crippen LogP contribution in [-0.2, 0) is 0 Å². The number of hydrogen-bond acceptors (Lipinski definition) is 3. The Balaban J connectivity index is 2.84. The summed E-state index contributed by atoms with van der Waals surface area (Å²) in [5.41, 5.74) is 1.13. The van der Waals surface area contributed by atoms with E-state index in [4.69, 9.17) is 9.47 Å². The third-order valence-corrected chi connectivity index (χ3v) is 2.96. The zero-order valence-electron chi connectivity index (χ0n) is 11.7. The van der Waals surface area contributed by atoms with Crippen molar-refractivity contribution in [2.24, 2.45) is 0 Å². The number of ether oxygens (including phenoxy) is 2. The molecule has 100 valence electrons. The lowest BCUT2D eigenvalue weighted by Gasteiger charge is -2.21. The second-order valence-corrected chi connectivity index (χ2v) is 4.42. The van der Waals surface area contributed by atoms with Gasteiger partial charge >= 0.3 is 0 Å². The highest BCUT2D eigenvalue weighted by Crippen LogP contribution is 2.29. The SMILES string of the molecule is C=CCC(C)NC(C)c1ccc(OC)cc1OC. The highest BCUT2D eigenvalue weighted by atomic mass is 16.5. The highest BCUT2D eigenvalue weighted by molar-refractivity contribution is 5.42. The normalized spacial score (nSPS) is 13.8. The van der Waals surface area contributed by atoms with Crippen molar-refractivity contribution in [1.82, 2.24) is 5.32 Å². The third kappa shape index (κ3) is 3.77. The van der Waals surface area contributed by atoms with E-state index in [1.165, 1.54) is 0 Å². The Morgan fingerprint density at radius 1 is 1.28 bits per heavy atom. The zero-order chi connectivity index (χ0) is 13.5. The van der Waals surface area contributed by atoms with Gasteiger partial charge in [0, 0.05) is 23.7 Å². The van der Waals surface area contributed by atoms with Gasteiger partial charge in [-0.05, 0) is 26.3 Å². The molecule has 18 heavy (non-hydrogen) atoms. The van der Waals surface area contributed by atoms with E-state index in [-0.39, 0.29) is 6.04 Å². The predicted octanol–water partition coefficient (Wildman–Crippen LogP) is 3.32. The van der Waals surface area contributed by atoms with Crippen LogP contribution < -0.4 is 14.8 Å². The van der Waals surface area contributed by atoms with Crippen LogP contribution in [0.4, 0.5) is 0 Å².